The molecule has 0 spiro atoms. The van der Waals surface area contributed by atoms with Crippen molar-refractivity contribution in [3.05, 3.63) is 83.3 Å². The molecular formula is C26H24N2O6. The Kier molecular flexibility index (Phi) is 8.47. The summed E-state index contributed by atoms with van der Waals surface area (Å²) in [6.45, 7) is 3.89. The van der Waals surface area contributed by atoms with Crippen molar-refractivity contribution in [3.8, 4) is 23.3 Å². The average molecular weight is 460 g/mol. The molecule has 0 atom stereocenters. The Labute approximate surface area is 197 Å². The average Bonchev–Trinajstić information content (AvgIpc) is 3.36. The number of rotatable bonds is 10. The van der Waals surface area contributed by atoms with Crippen LogP contribution in [0.15, 0.2) is 70.9 Å². The van der Waals surface area contributed by atoms with Crippen molar-refractivity contribution in [2.24, 2.45) is 0 Å². The minimum Gasteiger partial charge on any atom is -0.490 e. The molecule has 1 aromatic heterocycles. The number of nitrogens with zero attached hydrogens (tertiary/aromatic N) is 1. The zero-order valence-electron chi connectivity index (χ0n) is 18.9. The molecule has 34 heavy (non-hydrogen) atoms. The molecule has 2 aromatic carbocycles. The van der Waals surface area contributed by atoms with Crippen molar-refractivity contribution in [2.75, 3.05) is 13.2 Å². The first-order valence-electron chi connectivity index (χ1n) is 10.6. The summed E-state index contributed by atoms with van der Waals surface area (Å²) in [5.41, 5.74) is 1.34. The molecule has 174 valence electrons. The Bertz CT molecular complexity index is 1210. The van der Waals surface area contributed by atoms with Gasteiger partial charge in [-0.1, -0.05) is 24.3 Å². The Morgan fingerprint density at radius 1 is 1.06 bits per heavy atom. The van der Waals surface area contributed by atoms with Gasteiger partial charge in [-0.2, -0.15) is 5.26 Å². The Hall–Kier alpha value is -4.51. The Balaban J connectivity index is 1.68. The number of furan rings is 1. The van der Waals surface area contributed by atoms with Crippen molar-refractivity contribution in [2.45, 2.75) is 20.4 Å². The number of benzene rings is 2. The van der Waals surface area contributed by atoms with Gasteiger partial charge in [-0.05, 0) is 61.4 Å². The molecule has 1 N–H and O–H groups in total. The normalized spacial score (nSPS) is 10.8. The van der Waals surface area contributed by atoms with Crippen LogP contribution in [-0.2, 0) is 16.1 Å². The van der Waals surface area contributed by atoms with Crippen molar-refractivity contribution in [3.63, 3.8) is 0 Å². The standard InChI is InChI=1S/C26H24N2O6/c1-3-31-24-14-19(13-20(15-27)26(30)28-16-21-8-6-12-32-21)10-11-23(24)34-25(29)17-33-22-9-5-4-7-18(22)2/h4-14H,3,16-17H2,1-2H3,(H,28,30)/b20-13+. The summed E-state index contributed by atoms with van der Waals surface area (Å²) in [5.74, 6) is 0.538. The van der Waals surface area contributed by atoms with Crippen LogP contribution in [0.5, 0.6) is 17.2 Å². The lowest BCUT2D eigenvalue weighted by Crippen LogP contribution is -2.23. The van der Waals surface area contributed by atoms with Gasteiger partial charge in [0.05, 0.1) is 19.4 Å². The molecule has 0 saturated carbocycles. The zero-order chi connectivity index (χ0) is 24.3. The highest BCUT2D eigenvalue weighted by atomic mass is 16.6. The quantitative estimate of drug-likeness (QED) is 0.209. The first-order chi connectivity index (χ1) is 16.5. The number of amides is 1. The fourth-order valence-electron chi connectivity index (χ4n) is 2.97. The summed E-state index contributed by atoms with van der Waals surface area (Å²) in [6.07, 6.45) is 2.92. The summed E-state index contributed by atoms with van der Waals surface area (Å²) >= 11 is 0. The second-order valence-corrected chi connectivity index (χ2v) is 7.10. The molecule has 1 heterocycles. The second kappa shape index (κ2) is 11.9. The van der Waals surface area contributed by atoms with Gasteiger partial charge in [0.1, 0.15) is 23.2 Å². The van der Waals surface area contributed by atoms with E-state index < -0.39 is 11.9 Å². The fourth-order valence-corrected chi connectivity index (χ4v) is 2.97. The van der Waals surface area contributed by atoms with E-state index >= 15 is 0 Å². The summed E-state index contributed by atoms with van der Waals surface area (Å²) < 4.78 is 21.7. The molecule has 3 rings (SSSR count). The van der Waals surface area contributed by atoms with Gasteiger partial charge in [0, 0.05) is 0 Å². The van der Waals surface area contributed by atoms with Crippen LogP contribution in [0.4, 0.5) is 0 Å². The fraction of sp³-hybridized carbons (Fsp3) is 0.192. The van der Waals surface area contributed by atoms with E-state index in [9.17, 15) is 14.9 Å². The summed E-state index contributed by atoms with van der Waals surface area (Å²) in [5, 5.41) is 12.0. The third-order valence-electron chi connectivity index (χ3n) is 4.61. The predicted octanol–water partition coefficient (Wildman–Crippen LogP) is 4.19. The maximum absolute atomic E-state index is 12.4. The van der Waals surface area contributed by atoms with Gasteiger partial charge < -0.3 is 23.9 Å². The number of carbonyl (C=O) groups excluding carboxylic acids is 2. The van der Waals surface area contributed by atoms with Crippen molar-refractivity contribution < 1.29 is 28.2 Å². The minimum atomic E-state index is -0.595. The van der Waals surface area contributed by atoms with Crippen LogP contribution in [0.25, 0.3) is 6.08 Å². The number of esters is 1. The highest BCUT2D eigenvalue weighted by Crippen LogP contribution is 2.30. The van der Waals surface area contributed by atoms with E-state index in [1.54, 1.807) is 37.3 Å². The number of nitriles is 1. The molecule has 8 heteroatoms. The van der Waals surface area contributed by atoms with Gasteiger partial charge in [-0.3, -0.25) is 4.79 Å². The smallest absolute Gasteiger partial charge is 0.349 e. The number of hydrogen-bond acceptors (Lipinski definition) is 7. The lowest BCUT2D eigenvalue weighted by atomic mass is 10.1. The van der Waals surface area contributed by atoms with Gasteiger partial charge in [-0.15, -0.1) is 0 Å². The lowest BCUT2D eigenvalue weighted by Gasteiger charge is -2.12. The van der Waals surface area contributed by atoms with E-state index in [0.29, 0.717) is 29.4 Å². The van der Waals surface area contributed by atoms with Gasteiger partial charge in [-0.25, -0.2) is 4.79 Å². The largest absolute Gasteiger partial charge is 0.490 e. The van der Waals surface area contributed by atoms with Crippen LogP contribution >= 0.6 is 0 Å². The van der Waals surface area contributed by atoms with Gasteiger partial charge in [0.15, 0.2) is 18.1 Å². The van der Waals surface area contributed by atoms with Crippen molar-refractivity contribution >= 4 is 18.0 Å². The van der Waals surface area contributed by atoms with Crippen LogP contribution in [0.1, 0.15) is 23.8 Å². The van der Waals surface area contributed by atoms with Crippen LogP contribution in [-0.4, -0.2) is 25.1 Å². The van der Waals surface area contributed by atoms with E-state index in [1.165, 1.54) is 18.4 Å². The number of carbonyl (C=O) groups is 2. The molecule has 8 nitrogen and oxygen atoms in total. The molecule has 0 unspecified atom stereocenters. The number of ether oxygens (including phenoxy) is 3. The van der Waals surface area contributed by atoms with E-state index in [2.05, 4.69) is 5.32 Å². The topological polar surface area (TPSA) is 111 Å². The summed E-state index contributed by atoms with van der Waals surface area (Å²) in [6, 6.07) is 17.4. The molecule has 3 aromatic rings. The van der Waals surface area contributed by atoms with E-state index in [4.69, 9.17) is 18.6 Å². The number of nitrogens with one attached hydrogen (secondary N) is 1. The highest BCUT2D eigenvalue weighted by Gasteiger charge is 2.14. The minimum absolute atomic E-state index is 0.0922. The Morgan fingerprint density at radius 2 is 1.88 bits per heavy atom. The molecule has 1 amide bonds. The molecule has 0 aliphatic rings. The molecule has 0 aliphatic carbocycles. The SMILES string of the molecule is CCOc1cc(/C=C(\C#N)C(=O)NCc2ccco2)ccc1OC(=O)COc1ccccc1C. The van der Waals surface area contributed by atoms with Gasteiger partial charge in [0.25, 0.3) is 5.91 Å². The molecule has 0 bridgehead atoms. The third kappa shape index (κ3) is 6.74. The maximum Gasteiger partial charge on any atom is 0.349 e. The Morgan fingerprint density at radius 3 is 2.59 bits per heavy atom. The molecular weight excluding hydrogens is 436 g/mol. The zero-order valence-corrected chi connectivity index (χ0v) is 18.9. The first kappa shape index (κ1) is 24.1. The van der Waals surface area contributed by atoms with Crippen LogP contribution < -0.4 is 19.5 Å². The number of para-hydroxylation sites is 1. The monoisotopic (exact) mass is 460 g/mol. The maximum atomic E-state index is 12.4. The van der Waals surface area contributed by atoms with E-state index in [1.807, 2.05) is 31.2 Å². The third-order valence-corrected chi connectivity index (χ3v) is 4.61. The van der Waals surface area contributed by atoms with Gasteiger partial charge in [0.2, 0.25) is 0 Å². The van der Waals surface area contributed by atoms with Gasteiger partial charge >= 0.3 is 5.97 Å². The first-order valence-corrected chi connectivity index (χ1v) is 10.6. The van der Waals surface area contributed by atoms with Crippen LogP contribution in [0.2, 0.25) is 0 Å². The molecule has 0 fully saturated rings. The predicted molar refractivity (Wildman–Crippen MR) is 124 cm³/mol. The molecule has 0 radical (unpaired) electrons. The van der Waals surface area contributed by atoms with Crippen LogP contribution in [0, 0.1) is 18.3 Å². The molecule has 0 saturated heterocycles. The number of aryl methyl sites for hydroxylation is 1. The van der Waals surface area contributed by atoms with E-state index in [0.717, 1.165) is 5.56 Å². The lowest BCUT2D eigenvalue weighted by molar-refractivity contribution is -0.136. The van der Waals surface area contributed by atoms with E-state index in [-0.39, 0.29) is 24.5 Å². The number of hydrogen-bond donors (Lipinski definition) is 1. The summed E-state index contributed by atoms with van der Waals surface area (Å²) in [7, 11) is 0. The highest BCUT2D eigenvalue weighted by molar-refractivity contribution is 6.01. The van der Waals surface area contributed by atoms with Crippen molar-refractivity contribution in [1.82, 2.24) is 5.32 Å². The van der Waals surface area contributed by atoms with Crippen LogP contribution in [0.3, 0.4) is 0 Å². The molecule has 0 aliphatic heterocycles. The second-order valence-electron chi connectivity index (χ2n) is 7.10. The van der Waals surface area contributed by atoms with Crippen molar-refractivity contribution in [1.29, 1.82) is 5.26 Å². The summed E-state index contributed by atoms with van der Waals surface area (Å²) in [4.78, 5) is 24.7.